The minimum atomic E-state index is -1.23. The van der Waals surface area contributed by atoms with Crippen molar-refractivity contribution in [3.63, 3.8) is 0 Å². The van der Waals surface area contributed by atoms with E-state index in [2.05, 4.69) is 16.0 Å². The number of nitrogens with one attached hydrogen (secondary N) is 3. The summed E-state index contributed by atoms with van der Waals surface area (Å²) in [5.41, 5.74) is 0.590. The summed E-state index contributed by atoms with van der Waals surface area (Å²) >= 11 is 6.04. The molecule has 0 heterocycles. The second-order valence-corrected chi connectivity index (χ2v) is 17.7. The number of carbonyl (C=O) groups is 6. The minimum Gasteiger partial charge on any atom is -0.444 e. The average Bonchev–Trinajstić information content (AvgIpc) is 3.13. The predicted molar refractivity (Wildman–Crippen MR) is 227 cm³/mol. The minimum absolute atomic E-state index is 0.109. The third-order valence-corrected chi connectivity index (χ3v) is 9.60. The Morgan fingerprint density at radius 3 is 1.86 bits per heavy atom. The molecule has 0 aromatic heterocycles. The summed E-state index contributed by atoms with van der Waals surface area (Å²) in [6.07, 6.45) is 0.866. The number of aliphatic hydroxyl groups is 1. The van der Waals surface area contributed by atoms with Crippen molar-refractivity contribution in [1.29, 1.82) is 0 Å². The number of ketones is 3. The van der Waals surface area contributed by atoms with Crippen molar-refractivity contribution in [2.75, 3.05) is 13.2 Å². The number of unbranched alkanes of at least 4 members (excludes halogenated alkanes) is 2. The van der Waals surface area contributed by atoms with Gasteiger partial charge in [-0.2, -0.15) is 0 Å². The van der Waals surface area contributed by atoms with Crippen LogP contribution in [0.4, 0.5) is 4.79 Å². The normalized spacial score (nSPS) is 14.9. The van der Waals surface area contributed by atoms with E-state index < -0.39 is 64.9 Å². The molecule has 0 bridgehead atoms. The molecule has 0 aliphatic rings. The highest BCUT2D eigenvalue weighted by molar-refractivity contribution is 6.30. The Hall–Kier alpha value is -4.13. The molecule has 2 aromatic rings. The van der Waals surface area contributed by atoms with Crippen molar-refractivity contribution in [3.8, 4) is 11.1 Å². The Morgan fingerprint density at radius 2 is 1.33 bits per heavy atom. The largest absolute Gasteiger partial charge is 0.444 e. The third kappa shape index (κ3) is 18.2. The molecule has 0 fully saturated rings. The van der Waals surface area contributed by atoms with Crippen molar-refractivity contribution < 1.29 is 43.3 Å². The van der Waals surface area contributed by atoms with Gasteiger partial charge >= 0.3 is 6.09 Å². The number of aliphatic hydroxyl groups excluding tert-OH is 1. The summed E-state index contributed by atoms with van der Waals surface area (Å²) in [5.74, 6) is -4.44. The molecule has 2 rings (SSSR count). The maximum Gasteiger partial charge on any atom is 0.407 e. The molecule has 0 aliphatic carbocycles. The quantitative estimate of drug-likeness (QED) is 0.0647. The SMILES string of the molecule is CCCCC[C@H](NC(=O)[C@H](C)CC(=O)[C@@H](NC(=O)[C@H](CNC(=O)OC(C)(C)C)CC(=O)c1ccc(-c2ccc(Cl)cc2)cc1)[C@@H](C)OC(C)(C)C)C(=O)C[C@@H](C)CO. The molecular weight excluding hydrogens is 762 g/mol. The van der Waals surface area contributed by atoms with E-state index in [-0.39, 0.29) is 49.9 Å². The molecule has 0 saturated carbocycles. The van der Waals surface area contributed by atoms with Gasteiger partial charge in [0, 0.05) is 48.9 Å². The summed E-state index contributed by atoms with van der Waals surface area (Å²) in [4.78, 5) is 81.1. The molecule has 0 unspecified atom stereocenters. The highest BCUT2D eigenvalue weighted by Gasteiger charge is 2.35. The van der Waals surface area contributed by atoms with Crippen LogP contribution in [0.5, 0.6) is 0 Å². The third-order valence-electron chi connectivity index (χ3n) is 9.35. The van der Waals surface area contributed by atoms with Gasteiger partial charge in [-0.3, -0.25) is 24.0 Å². The van der Waals surface area contributed by atoms with E-state index in [0.717, 1.165) is 30.4 Å². The van der Waals surface area contributed by atoms with Gasteiger partial charge in [0.1, 0.15) is 11.6 Å². The Kier molecular flexibility index (Phi) is 20.2. The first-order valence-electron chi connectivity index (χ1n) is 20.3. The van der Waals surface area contributed by atoms with E-state index in [1.165, 1.54) is 0 Å². The summed E-state index contributed by atoms with van der Waals surface area (Å²) in [6.45, 7) is 17.1. The molecule has 58 heavy (non-hydrogen) atoms. The van der Waals surface area contributed by atoms with E-state index in [1.807, 2.05) is 19.1 Å². The molecule has 4 N–H and O–H groups in total. The van der Waals surface area contributed by atoms with Gasteiger partial charge in [-0.1, -0.05) is 88.0 Å². The topological polar surface area (TPSA) is 177 Å². The lowest BCUT2D eigenvalue weighted by atomic mass is 9.92. The lowest BCUT2D eigenvalue weighted by molar-refractivity contribution is -0.139. The van der Waals surface area contributed by atoms with Gasteiger partial charge in [0.2, 0.25) is 11.8 Å². The summed E-state index contributed by atoms with van der Waals surface area (Å²) in [6, 6.07) is 12.2. The van der Waals surface area contributed by atoms with Crippen LogP contribution >= 0.6 is 11.6 Å². The number of hydrogen-bond donors (Lipinski definition) is 4. The van der Waals surface area contributed by atoms with E-state index in [4.69, 9.17) is 21.1 Å². The van der Waals surface area contributed by atoms with Gasteiger partial charge in [-0.05, 0) is 84.1 Å². The molecule has 0 spiro atoms. The number of hydrogen-bond acceptors (Lipinski definition) is 9. The fourth-order valence-corrected chi connectivity index (χ4v) is 6.39. The zero-order chi connectivity index (χ0) is 43.8. The monoisotopic (exact) mass is 827 g/mol. The highest BCUT2D eigenvalue weighted by atomic mass is 35.5. The van der Waals surface area contributed by atoms with Crippen LogP contribution in [0, 0.1) is 17.8 Å². The molecule has 0 aliphatic heterocycles. The number of alkyl carbamates (subject to hydrolysis) is 1. The summed E-state index contributed by atoms with van der Waals surface area (Å²) < 4.78 is 11.5. The average molecular weight is 828 g/mol. The van der Waals surface area contributed by atoms with E-state index >= 15 is 0 Å². The van der Waals surface area contributed by atoms with Gasteiger partial charge in [-0.25, -0.2) is 4.79 Å². The van der Waals surface area contributed by atoms with Gasteiger partial charge in [-0.15, -0.1) is 0 Å². The molecule has 3 amide bonds. The van der Waals surface area contributed by atoms with E-state index in [9.17, 15) is 33.9 Å². The van der Waals surface area contributed by atoms with Crippen LogP contribution in [0.3, 0.4) is 0 Å². The molecular formula is C45H66ClN3O9. The summed E-state index contributed by atoms with van der Waals surface area (Å²) in [5, 5.41) is 18.3. The van der Waals surface area contributed by atoms with Crippen molar-refractivity contribution in [1.82, 2.24) is 16.0 Å². The van der Waals surface area contributed by atoms with Gasteiger partial charge < -0.3 is 30.5 Å². The molecule has 13 heteroatoms. The second kappa shape index (κ2) is 23.5. The maximum absolute atomic E-state index is 14.1. The van der Waals surface area contributed by atoms with Crippen LogP contribution in [0.2, 0.25) is 5.02 Å². The number of rotatable bonds is 23. The van der Waals surface area contributed by atoms with Crippen LogP contribution < -0.4 is 16.0 Å². The zero-order valence-corrected chi connectivity index (χ0v) is 36.8. The van der Waals surface area contributed by atoms with Crippen LogP contribution in [0.1, 0.15) is 125 Å². The zero-order valence-electron chi connectivity index (χ0n) is 36.0. The van der Waals surface area contributed by atoms with Crippen molar-refractivity contribution in [2.24, 2.45) is 17.8 Å². The molecule has 6 atom stereocenters. The number of benzene rings is 2. The maximum atomic E-state index is 14.1. The highest BCUT2D eigenvalue weighted by Crippen LogP contribution is 2.24. The number of ether oxygens (including phenoxy) is 2. The van der Waals surface area contributed by atoms with Crippen LogP contribution in [0.15, 0.2) is 48.5 Å². The second-order valence-electron chi connectivity index (χ2n) is 17.3. The first-order chi connectivity index (χ1) is 27.0. The summed E-state index contributed by atoms with van der Waals surface area (Å²) in [7, 11) is 0. The fraction of sp³-hybridized carbons (Fsp3) is 0.600. The lowest BCUT2D eigenvalue weighted by Crippen LogP contribution is -2.54. The molecule has 0 radical (unpaired) electrons. The predicted octanol–water partition coefficient (Wildman–Crippen LogP) is 7.66. The molecule has 322 valence electrons. The van der Waals surface area contributed by atoms with E-state index in [1.54, 1.807) is 98.7 Å². The molecule has 0 saturated heterocycles. The van der Waals surface area contributed by atoms with E-state index in [0.29, 0.717) is 17.0 Å². The Bertz CT molecular complexity index is 1670. The van der Waals surface area contributed by atoms with Crippen molar-refractivity contribution in [2.45, 2.75) is 144 Å². The smallest absolute Gasteiger partial charge is 0.407 e. The number of amides is 3. The number of halogens is 1. The number of carbonyl (C=O) groups excluding carboxylic acids is 6. The van der Waals surface area contributed by atoms with Gasteiger partial charge in [0.05, 0.1) is 23.7 Å². The van der Waals surface area contributed by atoms with Crippen LogP contribution in [-0.4, -0.2) is 82.9 Å². The standard InChI is InChI=1S/C45H66ClN3O9/c1-11-12-13-14-36(38(52)23-28(2)27-50)48-41(54)29(3)24-39(53)40(30(4)57-44(5,6)7)49-42(55)34(26-47-43(56)58-45(8,9)10)25-37(51)33-17-15-31(16-18-33)32-19-21-35(46)22-20-32/h15-22,28-30,34,36,40,50H,11-14,23-27H2,1-10H3,(H,47,56)(H,48,54)(H,49,55)/t28-,29-,30-,34+,36+,40+/m1/s1. The lowest BCUT2D eigenvalue weighted by Gasteiger charge is -2.32. The number of Topliss-reactive ketones (excluding diaryl/α,β-unsaturated/α-hetero) is 3. The first kappa shape index (κ1) is 50.0. The first-order valence-corrected chi connectivity index (χ1v) is 20.7. The Balaban J connectivity index is 2.35. The van der Waals surface area contributed by atoms with Gasteiger partial charge in [0.15, 0.2) is 17.3 Å². The van der Waals surface area contributed by atoms with Crippen LogP contribution in [-0.2, 0) is 28.7 Å². The fourth-order valence-electron chi connectivity index (χ4n) is 6.27. The Labute approximate surface area is 349 Å². The van der Waals surface area contributed by atoms with Crippen molar-refractivity contribution >= 4 is 46.9 Å². The van der Waals surface area contributed by atoms with Gasteiger partial charge in [0.25, 0.3) is 0 Å². The molecule has 12 nitrogen and oxygen atoms in total. The van der Waals surface area contributed by atoms with Crippen LogP contribution in [0.25, 0.3) is 11.1 Å². The van der Waals surface area contributed by atoms with Crippen molar-refractivity contribution in [3.05, 3.63) is 59.1 Å². The Morgan fingerprint density at radius 1 is 0.741 bits per heavy atom. The molecule has 2 aromatic carbocycles.